The van der Waals surface area contributed by atoms with Crippen LogP contribution in [-0.2, 0) is 5.75 Å². The molecule has 0 aliphatic heterocycles. The number of nitrogens with one attached hydrogen (secondary N) is 1. The van der Waals surface area contributed by atoms with Gasteiger partial charge in [-0.25, -0.2) is 0 Å². The van der Waals surface area contributed by atoms with Crippen LogP contribution in [0.5, 0.6) is 0 Å². The van der Waals surface area contributed by atoms with Crippen LogP contribution >= 0.6 is 23.1 Å². The second-order valence-corrected chi connectivity index (χ2v) is 5.84. The first-order valence-electron chi connectivity index (χ1n) is 5.62. The first-order valence-corrected chi connectivity index (χ1v) is 7.42. The van der Waals surface area contributed by atoms with Crippen molar-refractivity contribution in [2.45, 2.75) is 10.1 Å². The van der Waals surface area contributed by atoms with E-state index in [4.69, 9.17) is 5.26 Å². The molecule has 1 N–H and O–H groups in total. The predicted molar refractivity (Wildman–Crippen MR) is 79.3 cm³/mol. The summed E-state index contributed by atoms with van der Waals surface area (Å²) in [6.07, 6.45) is 1.78. The fourth-order valence-electron chi connectivity index (χ4n) is 1.37. The summed E-state index contributed by atoms with van der Waals surface area (Å²) in [7, 11) is 0. The molecule has 0 aliphatic carbocycles. The summed E-state index contributed by atoms with van der Waals surface area (Å²) in [6.45, 7) is 4.32. The minimum absolute atomic E-state index is 0.684. The molecule has 0 radical (unpaired) electrons. The highest BCUT2D eigenvalue weighted by Gasteiger charge is 2.04. The lowest BCUT2D eigenvalue weighted by Gasteiger charge is -1.98. The minimum atomic E-state index is 0.684. The number of thioether (sulfide) groups is 1. The molecule has 0 unspecified atom stereocenters. The molecule has 2 rings (SSSR count). The Hall–Kier alpha value is -1.84. The van der Waals surface area contributed by atoms with Gasteiger partial charge in [0.15, 0.2) is 4.34 Å². The number of aromatic nitrogens is 2. The van der Waals surface area contributed by atoms with E-state index in [0.717, 1.165) is 20.8 Å². The maximum atomic E-state index is 8.84. The number of rotatable bonds is 6. The SMILES string of the molecule is C=CCNc1nnc(SCc2cccc(C#N)c2)s1. The second kappa shape index (κ2) is 6.92. The molecule has 0 aliphatic rings. The lowest BCUT2D eigenvalue weighted by molar-refractivity contribution is 1.01. The molecule has 0 fully saturated rings. The molecule has 2 aromatic rings. The van der Waals surface area contributed by atoms with Gasteiger partial charge in [-0.3, -0.25) is 0 Å². The van der Waals surface area contributed by atoms with E-state index in [1.165, 1.54) is 11.3 Å². The summed E-state index contributed by atoms with van der Waals surface area (Å²) in [4.78, 5) is 0. The Bertz CT molecular complexity index is 601. The second-order valence-electron chi connectivity index (χ2n) is 3.64. The van der Waals surface area contributed by atoms with Gasteiger partial charge >= 0.3 is 0 Å². The standard InChI is InChI=1S/C13H12N4S2/c1-2-6-15-12-16-17-13(19-12)18-9-11-5-3-4-10(7-11)8-14/h2-5,7H,1,6,9H2,(H,15,16). The van der Waals surface area contributed by atoms with Crippen molar-refractivity contribution < 1.29 is 0 Å². The van der Waals surface area contributed by atoms with Crippen LogP contribution in [0, 0.1) is 11.3 Å². The van der Waals surface area contributed by atoms with Gasteiger partial charge in [-0.2, -0.15) is 5.26 Å². The highest BCUT2D eigenvalue weighted by molar-refractivity contribution is 8.00. The molecule has 4 nitrogen and oxygen atoms in total. The van der Waals surface area contributed by atoms with Crippen LogP contribution in [0.15, 0.2) is 41.3 Å². The summed E-state index contributed by atoms with van der Waals surface area (Å²) in [5.74, 6) is 0.783. The zero-order valence-electron chi connectivity index (χ0n) is 10.2. The predicted octanol–water partition coefficient (Wildman–Crippen LogP) is 3.30. The number of nitrogens with zero attached hydrogens (tertiary/aromatic N) is 3. The van der Waals surface area contributed by atoms with Crippen LogP contribution in [0.1, 0.15) is 11.1 Å². The molecule has 0 saturated heterocycles. The maximum absolute atomic E-state index is 8.84. The minimum Gasteiger partial charge on any atom is -0.357 e. The summed E-state index contributed by atoms with van der Waals surface area (Å²) in [5.41, 5.74) is 1.79. The summed E-state index contributed by atoms with van der Waals surface area (Å²) < 4.78 is 0.911. The van der Waals surface area contributed by atoms with Crippen molar-refractivity contribution in [2.24, 2.45) is 0 Å². The quantitative estimate of drug-likeness (QED) is 0.652. The molecule has 0 saturated carbocycles. The zero-order chi connectivity index (χ0) is 13.5. The highest BCUT2D eigenvalue weighted by atomic mass is 32.2. The fourth-order valence-corrected chi connectivity index (χ4v) is 3.08. The highest BCUT2D eigenvalue weighted by Crippen LogP contribution is 2.28. The maximum Gasteiger partial charge on any atom is 0.206 e. The molecule has 19 heavy (non-hydrogen) atoms. The van der Waals surface area contributed by atoms with E-state index in [1.807, 2.05) is 18.2 Å². The third-order valence-electron chi connectivity index (χ3n) is 2.22. The lowest BCUT2D eigenvalue weighted by Crippen LogP contribution is -1.96. The van der Waals surface area contributed by atoms with E-state index in [-0.39, 0.29) is 0 Å². The van der Waals surface area contributed by atoms with Crippen LogP contribution in [0.2, 0.25) is 0 Å². The topological polar surface area (TPSA) is 61.6 Å². The Morgan fingerprint density at radius 2 is 2.37 bits per heavy atom. The summed E-state index contributed by atoms with van der Waals surface area (Å²) in [5, 5.41) is 20.9. The van der Waals surface area contributed by atoms with E-state index in [9.17, 15) is 0 Å². The molecule has 0 bridgehead atoms. The smallest absolute Gasteiger partial charge is 0.206 e. The van der Waals surface area contributed by atoms with Gasteiger partial charge in [0, 0.05) is 12.3 Å². The zero-order valence-corrected chi connectivity index (χ0v) is 11.8. The molecule has 1 heterocycles. The molecular weight excluding hydrogens is 276 g/mol. The lowest BCUT2D eigenvalue weighted by atomic mass is 10.2. The monoisotopic (exact) mass is 288 g/mol. The number of nitriles is 1. The van der Waals surface area contributed by atoms with Crippen LogP contribution in [0.25, 0.3) is 0 Å². The molecule has 0 spiro atoms. The van der Waals surface area contributed by atoms with Crippen LogP contribution in [-0.4, -0.2) is 16.7 Å². The molecule has 0 atom stereocenters. The van der Waals surface area contributed by atoms with E-state index >= 15 is 0 Å². The van der Waals surface area contributed by atoms with Crippen molar-refractivity contribution in [3.8, 4) is 6.07 Å². The fraction of sp³-hybridized carbons (Fsp3) is 0.154. The van der Waals surface area contributed by atoms with E-state index < -0.39 is 0 Å². The van der Waals surface area contributed by atoms with Crippen molar-refractivity contribution in [2.75, 3.05) is 11.9 Å². The first kappa shape index (κ1) is 13.6. The van der Waals surface area contributed by atoms with Crippen molar-refractivity contribution in [3.63, 3.8) is 0 Å². The number of benzene rings is 1. The van der Waals surface area contributed by atoms with Gasteiger partial charge in [-0.15, -0.1) is 16.8 Å². The number of hydrogen-bond acceptors (Lipinski definition) is 6. The Balaban J connectivity index is 1.92. The van der Waals surface area contributed by atoms with Gasteiger partial charge in [-0.1, -0.05) is 41.3 Å². The average Bonchev–Trinajstić information content (AvgIpc) is 2.91. The van der Waals surface area contributed by atoms with E-state index in [1.54, 1.807) is 23.9 Å². The van der Waals surface area contributed by atoms with E-state index in [0.29, 0.717) is 12.1 Å². The molecule has 0 amide bonds. The van der Waals surface area contributed by atoms with Crippen LogP contribution < -0.4 is 5.32 Å². The largest absolute Gasteiger partial charge is 0.357 e. The van der Waals surface area contributed by atoms with Gasteiger partial charge < -0.3 is 5.32 Å². The van der Waals surface area contributed by atoms with E-state index in [2.05, 4.69) is 28.2 Å². The van der Waals surface area contributed by atoms with Gasteiger partial charge in [0.05, 0.1) is 11.6 Å². The Morgan fingerprint density at radius 3 is 3.16 bits per heavy atom. The first-order chi connectivity index (χ1) is 9.31. The number of hydrogen-bond donors (Lipinski definition) is 1. The third-order valence-corrected chi connectivity index (χ3v) is 4.31. The molecule has 1 aromatic heterocycles. The van der Waals surface area contributed by atoms with Crippen molar-refractivity contribution in [1.29, 1.82) is 5.26 Å². The molecule has 96 valence electrons. The molecular formula is C13H12N4S2. The molecule has 1 aromatic carbocycles. The molecule has 6 heteroatoms. The normalized spacial score (nSPS) is 9.84. The third kappa shape index (κ3) is 4.09. The van der Waals surface area contributed by atoms with Gasteiger partial charge in [-0.05, 0) is 17.7 Å². The van der Waals surface area contributed by atoms with Crippen molar-refractivity contribution >= 4 is 28.2 Å². The van der Waals surface area contributed by atoms with Crippen LogP contribution in [0.4, 0.5) is 5.13 Å². The van der Waals surface area contributed by atoms with Crippen LogP contribution in [0.3, 0.4) is 0 Å². The van der Waals surface area contributed by atoms with Gasteiger partial charge in [0.1, 0.15) is 0 Å². The van der Waals surface area contributed by atoms with Gasteiger partial charge in [0.2, 0.25) is 5.13 Å². The van der Waals surface area contributed by atoms with Gasteiger partial charge in [0.25, 0.3) is 0 Å². The Labute approximate surface area is 120 Å². The number of anilines is 1. The Morgan fingerprint density at radius 1 is 1.47 bits per heavy atom. The van der Waals surface area contributed by atoms with Crippen molar-refractivity contribution in [1.82, 2.24) is 10.2 Å². The summed E-state index contributed by atoms with van der Waals surface area (Å²) in [6, 6.07) is 9.73. The Kier molecular flexibility index (Phi) is 4.95. The average molecular weight is 288 g/mol. The summed E-state index contributed by atoms with van der Waals surface area (Å²) >= 11 is 3.14. The van der Waals surface area contributed by atoms with Crippen molar-refractivity contribution in [3.05, 3.63) is 48.0 Å².